The van der Waals surface area contributed by atoms with Crippen LogP contribution < -0.4 is 0 Å². The highest BCUT2D eigenvalue weighted by Crippen LogP contribution is 2.17. The maximum Gasteiger partial charge on any atom is 0.253 e. The lowest BCUT2D eigenvalue weighted by molar-refractivity contribution is 0.580. The van der Waals surface area contributed by atoms with Crippen LogP contribution in [0.4, 0.5) is 8.78 Å². The van der Waals surface area contributed by atoms with Crippen molar-refractivity contribution in [3.05, 3.63) is 77.9 Å². The fourth-order valence-electron chi connectivity index (χ4n) is 2.51. The van der Waals surface area contributed by atoms with Crippen LogP contribution in [0.25, 0.3) is 17.2 Å². The quantitative estimate of drug-likeness (QED) is 0.581. The van der Waals surface area contributed by atoms with Crippen LogP contribution in [0.3, 0.4) is 0 Å². The lowest BCUT2D eigenvalue weighted by Crippen LogP contribution is -1.98. The third kappa shape index (κ3) is 2.71. The number of nitrogens with zero attached hydrogens (tertiary/aromatic N) is 5. The van der Waals surface area contributed by atoms with Crippen molar-refractivity contribution in [3.8, 4) is 11.4 Å². The Bertz CT molecular complexity index is 994. The minimum Gasteiger partial charge on any atom is -0.255 e. The van der Waals surface area contributed by atoms with Gasteiger partial charge in [0.15, 0.2) is 5.82 Å². The zero-order valence-corrected chi connectivity index (χ0v) is 12.4. The summed E-state index contributed by atoms with van der Waals surface area (Å²) in [4.78, 5) is 12.8. The maximum absolute atomic E-state index is 13.3. The van der Waals surface area contributed by atoms with Gasteiger partial charge in [-0.3, -0.25) is 4.98 Å². The molecule has 0 aliphatic rings. The van der Waals surface area contributed by atoms with Crippen molar-refractivity contribution in [3.63, 3.8) is 0 Å². The first-order valence-electron chi connectivity index (χ1n) is 7.26. The van der Waals surface area contributed by atoms with E-state index in [1.54, 1.807) is 23.0 Å². The topological polar surface area (TPSA) is 56.0 Å². The molecule has 0 aliphatic heterocycles. The third-order valence-electron chi connectivity index (χ3n) is 3.50. The summed E-state index contributed by atoms with van der Waals surface area (Å²) >= 11 is 0. The minimum atomic E-state index is -0.624. The van der Waals surface area contributed by atoms with Gasteiger partial charge in [0.25, 0.3) is 5.78 Å². The van der Waals surface area contributed by atoms with Crippen LogP contribution >= 0.6 is 0 Å². The standard InChI is InChI=1S/C17H11F2N5/c18-12-7-11(8-13(19)10-12)9-16-22-17-21-6-4-15(24(17)23-16)14-3-1-2-5-20-14/h1-8,10H,9H2. The van der Waals surface area contributed by atoms with Crippen LogP contribution in [0.1, 0.15) is 11.4 Å². The lowest BCUT2D eigenvalue weighted by Gasteiger charge is -2.01. The monoisotopic (exact) mass is 323 g/mol. The molecular weight excluding hydrogens is 312 g/mol. The summed E-state index contributed by atoms with van der Waals surface area (Å²) in [5.74, 6) is -0.414. The molecule has 0 aliphatic carbocycles. The van der Waals surface area contributed by atoms with Crippen molar-refractivity contribution in [2.45, 2.75) is 6.42 Å². The first kappa shape index (κ1) is 14.4. The molecule has 4 aromatic rings. The van der Waals surface area contributed by atoms with E-state index >= 15 is 0 Å². The van der Waals surface area contributed by atoms with Crippen molar-refractivity contribution >= 4 is 5.78 Å². The van der Waals surface area contributed by atoms with Gasteiger partial charge in [-0.25, -0.2) is 13.8 Å². The number of halogens is 2. The number of fused-ring (bicyclic) bond motifs is 1. The predicted octanol–water partition coefficient (Wildman–Crippen LogP) is 3.06. The average molecular weight is 323 g/mol. The Labute approximate surface area is 135 Å². The highest BCUT2D eigenvalue weighted by atomic mass is 19.1. The van der Waals surface area contributed by atoms with Crippen LogP contribution in [-0.2, 0) is 6.42 Å². The van der Waals surface area contributed by atoms with E-state index < -0.39 is 11.6 Å². The molecule has 0 atom stereocenters. The van der Waals surface area contributed by atoms with Gasteiger partial charge < -0.3 is 0 Å². The Hall–Kier alpha value is -3.22. The third-order valence-corrected chi connectivity index (χ3v) is 3.50. The summed E-state index contributed by atoms with van der Waals surface area (Å²) in [6.45, 7) is 0. The number of aromatic nitrogens is 5. The maximum atomic E-state index is 13.3. The van der Waals surface area contributed by atoms with Gasteiger partial charge in [-0.15, -0.1) is 5.10 Å². The molecule has 118 valence electrons. The second-order valence-electron chi connectivity index (χ2n) is 5.24. The van der Waals surface area contributed by atoms with Gasteiger partial charge in [-0.2, -0.15) is 9.50 Å². The highest BCUT2D eigenvalue weighted by Gasteiger charge is 2.12. The highest BCUT2D eigenvalue weighted by molar-refractivity contribution is 5.56. The van der Waals surface area contributed by atoms with Crippen LogP contribution in [0.5, 0.6) is 0 Å². The summed E-state index contributed by atoms with van der Waals surface area (Å²) < 4.78 is 28.2. The van der Waals surface area contributed by atoms with Crippen molar-refractivity contribution in [2.75, 3.05) is 0 Å². The van der Waals surface area contributed by atoms with Gasteiger partial charge in [-0.1, -0.05) is 6.07 Å². The van der Waals surface area contributed by atoms with Gasteiger partial charge >= 0.3 is 0 Å². The number of hydrogen-bond acceptors (Lipinski definition) is 4. The normalized spacial score (nSPS) is 11.1. The largest absolute Gasteiger partial charge is 0.255 e. The minimum absolute atomic E-state index is 0.208. The van der Waals surface area contributed by atoms with E-state index in [2.05, 4.69) is 20.1 Å². The molecule has 3 heterocycles. The fraction of sp³-hybridized carbons (Fsp3) is 0.0588. The molecule has 0 radical (unpaired) electrons. The predicted molar refractivity (Wildman–Crippen MR) is 83.2 cm³/mol. The summed E-state index contributed by atoms with van der Waals surface area (Å²) in [6, 6.07) is 10.7. The molecule has 4 rings (SSSR count). The van der Waals surface area contributed by atoms with E-state index in [0.717, 1.165) is 17.5 Å². The molecule has 3 aromatic heterocycles. The van der Waals surface area contributed by atoms with E-state index in [1.807, 2.05) is 18.2 Å². The number of benzene rings is 1. The zero-order chi connectivity index (χ0) is 16.5. The van der Waals surface area contributed by atoms with Crippen molar-refractivity contribution in [2.24, 2.45) is 0 Å². The molecule has 24 heavy (non-hydrogen) atoms. The van der Waals surface area contributed by atoms with Crippen molar-refractivity contribution in [1.29, 1.82) is 0 Å². The van der Waals surface area contributed by atoms with Crippen LogP contribution in [-0.4, -0.2) is 24.6 Å². The van der Waals surface area contributed by atoms with E-state index in [9.17, 15) is 8.78 Å². The Morgan fingerprint density at radius 1 is 0.917 bits per heavy atom. The second kappa shape index (κ2) is 5.77. The molecule has 0 bridgehead atoms. The molecule has 7 heteroatoms. The summed E-state index contributed by atoms with van der Waals surface area (Å²) in [7, 11) is 0. The molecule has 0 saturated heterocycles. The Balaban J connectivity index is 1.76. The SMILES string of the molecule is Fc1cc(F)cc(Cc2nc3nccc(-c4ccccn4)n3n2)c1. The van der Waals surface area contributed by atoms with Crippen molar-refractivity contribution < 1.29 is 8.78 Å². The van der Waals surface area contributed by atoms with Gasteiger partial charge in [0.1, 0.15) is 11.6 Å². The molecule has 0 fully saturated rings. The van der Waals surface area contributed by atoms with E-state index in [-0.39, 0.29) is 6.42 Å². The number of hydrogen-bond donors (Lipinski definition) is 0. The first-order valence-corrected chi connectivity index (χ1v) is 7.26. The molecule has 1 aromatic carbocycles. The molecular formula is C17H11F2N5. The number of pyridine rings is 1. The Morgan fingerprint density at radius 3 is 2.50 bits per heavy atom. The van der Waals surface area contributed by atoms with Gasteiger partial charge in [-0.05, 0) is 35.9 Å². The molecule has 0 N–H and O–H groups in total. The Kier molecular flexibility index (Phi) is 3.45. The summed E-state index contributed by atoms with van der Waals surface area (Å²) in [6.07, 6.45) is 3.52. The average Bonchev–Trinajstić information content (AvgIpc) is 2.96. The molecule has 0 saturated carbocycles. The Morgan fingerprint density at radius 2 is 1.75 bits per heavy atom. The fourth-order valence-corrected chi connectivity index (χ4v) is 2.51. The lowest BCUT2D eigenvalue weighted by atomic mass is 10.1. The smallest absolute Gasteiger partial charge is 0.253 e. The van der Waals surface area contributed by atoms with Gasteiger partial charge in [0.2, 0.25) is 0 Å². The van der Waals surface area contributed by atoms with Crippen LogP contribution in [0.15, 0.2) is 54.9 Å². The molecule has 0 unspecified atom stereocenters. The first-order chi connectivity index (χ1) is 11.7. The molecule has 0 amide bonds. The van der Waals surface area contributed by atoms with Gasteiger partial charge in [0.05, 0.1) is 11.4 Å². The molecule has 0 spiro atoms. The number of rotatable bonds is 3. The summed E-state index contributed by atoms with van der Waals surface area (Å²) in [5, 5.41) is 4.40. The second-order valence-corrected chi connectivity index (χ2v) is 5.24. The molecule has 5 nitrogen and oxygen atoms in total. The van der Waals surface area contributed by atoms with E-state index in [0.29, 0.717) is 17.2 Å². The summed E-state index contributed by atoms with van der Waals surface area (Å²) in [5.41, 5.74) is 1.94. The van der Waals surface area contributed by atoms with Crippen LogP contribution in [0.2, 0.25) is 0 Å². The van der Waals surface area contributed by atoms with Crippen molar-refractivity contribution in [1.82, 2.24) is 24.6 Å². The van der Waals surface area contributed by atoms with E-state index in [4.69, 9.17) is 0 Å². The van der Waals surface area contributed by atoms with E-state index in [1.165, 1.54) is 12.1 Å². The zero-order valence-electron chi connectivity index (χ0n) is 12.4. The van der Waals surface area contributed by atoms with Gasteiger partial charge in [0, 0.05) is 24.9 Å². The van der Waals surface area contributed by atoms with Crippen LogP contribution in [0, 0.1) is 11.6 Å².